The van der Waals surface area contributed by atoms with E-state index >= 15 is 0 Å². The van der Waals surface area contributed by atoms with Crippen molar-refractivity contribution in [1.82, 2.24) is 10.9 Å². The van der Waals surface area contributed by atoms with Gasteiger partial charge < -0.3 is 10.7 Å². The predicted octanol–water partition coefficient (Wildman–Crippen LogP) is 3.79. The predicted molar refractivity (Wildman–Crippen MR) is 103 cm³/mol. The lowest BCUT2D eigenvalue weighted by atomic mass is 10.1. The Kier molecular flexibility index (Phi) is 6.77. The average molecular weight is 402 g/mol. The number of hydrogen-bond acceptors (Lipinski definition) is 3. The first-order valence-corrected chi connectivity index (χ1v) is 8.68. The van der Waals surface area contributed by atoms with Crippen molar-refractivity contribution in [3.8, 4) is 0 Å². The van der Waals surface area contributed by atoms with Crippen LogP contribution in [-0.4, -0.2) is 11.8 Å². The molecule has 0 radical (unpaired) electrons. The van der Waals surface area contributed by atoms with Gasteiger partial charge in [-0.15, -0.1) is 0 Å². The molecule has 0 heterocycles. The average Bonchev–Trinajstić information content (AvgIpc) is 2.60. The molecule has 2 aromatic carbocycles. The van der Waals surface area contributed by atoms with Crippen molar-refractivity contribution in [1.29, 1.82) is 0 Å². The molecular weight excluding hydrogens is 382 g/mol. The van der Waals surface area contributed by atoms with Crippen molar-refractivity contribution < 1.29 is 9.59 Å². The number of hydrazine groups is 1. The first-order chi connectivity index (χ1) is 12.0. The number of anilines is 1. The summed E-state index contributed by atoms with van der Waals surface area (Å²) in [7, 11) is 0. The van der Waals surface area contributed by atoms with Crippen LogP contribution in [0.25, 0.3) is 0 Å². The Morgan fingerprint density at radius 1 is 1.08 bits per heavy atom. The Morgan fingerprint density at radius 2 is 1.84 bits per heavy atom. The molecule has 2 amide bonds. The summed E-state index contributed by atoms with van der Waals surface area (Å²) in [6.45, 7) is 3.73. The summed E-state index contributed by atoms with van der Waals surface area (Å²) in [5.74, 6) is -0.548. The number of allylic oxidation sites excluding steroid dienone is 1. The summed E-state index contributed by atoms with van der Waals surface area (Å²) < 4.78 is 0.821. The zero-order valence-corrected chi connectivity index (χ0v) is 15.7. The second-order valence-electron chi connectivity index (χ2n) is 5.42. The van der Waals surface area contributed by atoms with Crippen molar-refractivity contribution in [2.45, 2.75) is 20.3 Å². The van der Waals surface area contributed by atoms with E-state index in [0.717, 1.165) is 22.1 Å². The third kappa shape index (κ3) is 5.76. The van der Waals surface area contributed by atoms with Gasteiger partial charge in [-0.05, 0) is 43.2 Å². The van der Waals surface area contributed by atoms with Gasteiger partial charge in [0.1, 0.15) is 0 Å². The number of hydrogen-bond donors (Lipinski definition) is 3. The number of amides is 2. The normalized spacial score (nSPS) is 10.9. The van der Waals surface area contributed by atoms with E-state index in [1.807, 2.05) is 37.3 Å². The molecule has 0 aliphatic heterocycles. The Labute approximate surface area is 155 Å². The van der Waals surface area contributed by atoms with Crippen LogP contribution >= 0.6 is 15.9 Å². The maximum Gasteiger partial charge on any atom is 0.269 e. The summed E-state index contributed by atoms with van der Waals surface area (Å²) in [5.41, 5.74) is 8.18. The molecule has 0 aliphatic rings. The second kappa shape index (κ2) is 9.03. The van der Waals surface area contributed by atoms with Gasteiger partial charge in [-0.1, -0.05) is 47.1 Å². The summed E-state index contributed by atoms with van der Waals surface area (Å²) >= 11 is 3.32. The minimum absolute atomic E-state index is 0.261. The number of halogens is 1. The monoisotopic (exact) mass is 401 g/mol. The van der Waals surface area contributed by atoms with E-state index in [0.29, 0.717) is 11.3 Å². The van der Waals surface area contributed by atoms with Gasteiger partial charge in [0, 0.05) is 27.5 Å². The van der Waals surface area contributed by atoms with Crippen molar-refractivity contribution in [2.75, 3.05) is 5.32 Å². The Bertz CT molecular complexity index is 803. The fourth-order valence-corrected chi connectivity index (χ4v) is 2.61. The Morgan fingerprint density at radius 3 is 2.56 bits per heavy atom. The van der Waals surface area contributed by atoms with E-state index < -0.39 is 0 Å². The Balaban J connectivity index is 1.92. The third-order valence-corrected chi connectivity index (χ3v) is 3.96. The number of rotatable bonds is 6. The highest BCUT2D eigenvalue weighted by molar-refractivity contribution is 9.10. The van der Waals surface area contributed by atoms with Crippen LogP contribution in [0.5, 0.6) is 0 Å². The van der Waals surface area contributed by atoms with Crippen LogP contribution in [0.15, 0.2) is 64.8 Å². The molecule has 0 bridgehead atoms. The third-order valence-electron chi connectivity index (χ3n) is 3.46. The molecule has 2 aromatic rings. The lowest BCUT2D eigenvalue weighted by Gasteiger charge is -2.10. The molecule has 25 heavy (non-hydrogen) atoms. The van der Waals surface area contributed by atoms with E-state index in [1.165, 1.54) is 6.08 Å². The van der Waals surface area contributed by atoms with Crippen molar-refractivity contribution in [3.05, 3.63) is 75.9 Å². The molecule has 0 aromatic heterocycles. The van der Waals surface area contributed by atoms with Gasteiger partial charge in [-0.3, -0.25) is 15.0 Å². The summed E-state index contributed by atoms with van der Waals surface area (Å²) in [6.07, 6.45) is 2.23. The SMILES string of the molecule is CCc1ccccc1NC(=O)C=C(C)NNC(=O)c1cccc(Br)c1. The van der Waals surface area contributed by atoms with Gasteiger partial charge in [0.15, 0.2) is 0 Å². The van der Waals surface area contributed by atoms with Crippen LogP contribution in [0.2, 0.25) is 0 Å². The number of carbonyl (C=O) groups excluding carboxylic acids is 2. The molecule has 130 valence electrons. The number of aryl methyl sites for hydroxylation is 1. The molecule has 0 saturated heterocycles. The van der Waals surface area contributed by atoms with Crippen LogP contribution in [0.1, 0.15) is 29.8 Å². The molecule has 0 aliphatic carbocycles. The van der Waals surface area contributed by atoms with E-state index in [1.54, 1.807) is 25.1 Å². The summed E-state index contributed by atoms with van der Waals surface area (Å²) in [5, 5.41) is 2.84. The molecule has 0 saturated carbocycles. The quantitative estimate of drug-likeness (QED) is 0.509. The van der Waals surface area contributed by atoms with Gasteiger partial charge in [-0.2, -0.15) is 0 Å². The molecule has 0 fully saturated rings. The van der Waals surface area contributed by atoms with Crippen molar-refractivity contribution in [2.24, 2.45) is 0 Å². The standard InChI is InChI=1S/C19H20BrN3O2/c1-3-14-7-4-5-10-17(14)21-18(24)11-13(2)22-23-19(25)15-8-6-9-16(20)12-15/h4-12,22H,3H2,1-2H3,(H,21,24)(H,23,25). The maximum atomic E-state index is 12.1. The first kappa shape index (κ1) is 18.7. The fourth-order valence-electron chi connectivity index (χ4n) is 2.21. The summed E-state index contributed by atoms with van der Waals surface area (Å²) in [4.78, 5) is 24.1. The number of para-hydroxylation sites is 1. The lowest BCUT2D eigenvalue weighted by molar-refractivity contribution is -0.112. The van der Waals surface area contributed by atoms with E-state index in [2.05, 4.69) is 32.1 Å². The van der Waals surface area contributed by atoms with Crippen molar-refractivity contribution in [3.63, 3.8) is 0 Å². The number of nitrogens with one attached hydrogen (secondary N) is 3. The van der Waals surface area contributed by atoms with Gasteiger partial charge >= 0.3 is 0 Å². The van der Waals surface area contributed by atoms with E-state index in [4.69, 9.17) is 0 Å². The Hall–Kier alpha value is -2.60. The molecular formula is C19H20BrN3O2. The highest BCUT2D eigenvalue weighted by atomic mass is 79.9. The van der Waals surface area contributed by atoms with Crippen LogP contribution < -0.4 is 16.2 Å². The fraction of sp³-hybridized carbons (Fsp3) is 0.158. The molecule has 6 heteroatoms. The highest BCUT2D eigenvalue weighted by Gasteiger charge is 2.06. The molecule has 0 atom stereocenters. The minimum atomic E-state index is -0.286. The number of carbonyl (C=O) groups is 2. The van der Waals surface area contributed by atoms with Crippen LogP contribution in [0, 0.1) is 0 Å². The number of benzene rings is 2. The highest BCUT2D eigenvalue weighted by Crippen LogP contribution is 2.15. The van der Waals surface area contributed by atoms with Crippen LogP contribution in [-0.2, 0) is 11.2 Å². The van der Waals surface area contributed by atoms with Crippen molar-refractivity contribution >= 4 is 33.4 Å². The van der Waals surface area contributed by atoms with Gasteiger partial charge in [0.05, 0.1) is 0 Å². The molecule has 2 rings (SSSR count). The van der Waals surface area contributed by atoms with Gasteiger partial charge in [0.25, 0.3) is 5.91 Å². The largest absolute Gasteiger partial charge is 0.322 e. The minimum Gasteiger partial charge on any atom is -0.322 e. The topological polar surface area (TPSA) is 70.2 Å². The van der Waals surface area contributed by atoms with Gasteiger partial charge in [-0.25, -0.2) is 0 Å². The smallest absolute Gasteiger partial charge is 0.269 e. The van der Waals surface area contributed by atoms with E-state index in [-0.39, 0.29) is 11.8 Å². The molecule has 5 nitrogen and oxygen atoms in total. The molecule has 3 N–H and O–H groups in total. The lowest BCUT2D eigenvalue weighted by Crippen LogP contribution is -2.36. The first-order valence-electron chi connectivity index (χ1n) is 7.88. The van der Waals surface area contributed by atoms with Crippen LogP contribution in [0.3, 0.4) is 0 Å². The van der Waals surface area contributed by atoms with Crippen LogP contribution in [0.4, 0.5) is 5.69 Å². The maximum absolute atomic E-state index is 12.1. The summed E-state index contributed by atoms with van der Waals surface area (Å²) in [6, 6.07) is 14.7. The zero-order chi connectivity index (χ0) is 18.2. The molecule has 0 unspecified atom stereocenters. The zero-order valence-electron chi connectivity index (χ0n) is 14.1. The molecule has 0 spiro atoms. The van der Waals surface area contributed by atoms with Gasteiger partial charge in [0.2, 0.25) is 5.91 Å². The second-order valence-corrected chi connectivity index (χ2v) is 6.33. The van der Waals surface area contributed by atoms with E-state index in [9.17, 15) is 9.59 Å².